The summed E-state index contributed by atoms with van der Waals surface area (Å²) in [6.07, 6.45) is 4.11. The van der Waals surface area contributed by atoms with Gasteiger partial charge in [0.1, 0.15) is 5.52 Å². The third kappa shape index (κ3) is 4.28. The van der Waals surface area contributed by atoms with E-state index in [0.717, 1.165) is 36.8 Å². The molecule has 1 aliphatic carbocycles. The normalized spacial score (nSPS) is 15.7. The van der Waals surface area contributed by atoms with Crippen molar-refractivity contribution in [2.24, 2.45) is 0 Å². The number of rotatable bonds is 5. The lowest BCUT2D eigenvalue weighted by Crippen LogP contribution is -2.42. The molecule has 1 aromatic heterocycles. The Hall–Kier alpha value is -2.86. The lowest BCUT2D eigenvalue weighted by atomic mass is 10.0. The number of aromatic nitrogens is 1. The van der Waals surface area contributed by atoms with Crippen molar-refractivity contribution >= 4 is 22.8 Å². The number of nitrogens with zero attached hydrogens (tertiary/aromatic N) is 1. The molecule has 1 saturated carbocycles. The molecule has 3 N–H and O–H groups in total. The number of aliphatic hydroxyl groups is 1. The van der Waals surface area contributed by atoms with Gasteiger partial charge < -0.3 is 20.2 Å². The van der Waals surface area contributed by atoms with Crippen molar-refractivity contribution in [1.29, 1.82) is 0 Å². The molecule has 27 heavy (non-hydrogen) atoms. The van der Waals surface area contributed by atoms with Crippen molar-refractivity contribution in [3.8, 4) is 0 Å². The Morgan fingerprint density at radius 3 is 2.70 bits per heavy atom. The second kappa shape index (κ2) is 7.40. The third-order valence-electron chi connectivity index (χ3n) is 5.00. The molecule has 6 nitrogen and oxygen atoms in total. The average molecular weight is 365 g/mol. The molecule has 0 bridgehead atoms. The Labute approximate surface area is 157 Å². The minimum atomic E-state index is -0.765. The van der Waals surface area contributed by atoms with Gasteiger partial charge in [-0.05, 0) is 30.5 Å². The number of urea groups is 1. The number of amides is 2. The molecule has 0 unspecified atom stereocenters. The van der Waals surface area contributed by atoms with Gasteiger partial charge in [0.05, 0.1) is 5.60 Å². The fourth-order valence-electron chi connectivity index (χ4n) is 3.53. The smallest absolute Gasteiger partial charge is 0.319 e. The zero-order valence-electron chi connectivity index (χ0n) is 15.1. The maximum atomic E-state index is 12.1. The van der Waals surface area contributed by atoms with Crippen LogP contribution in [-0.4, -0.2) is 28.3 Å². The van der Waals surface area contributed by atoms with Crippen LogP contribution in [0.1, 0.15) is 37.1 Å². The SMILES string of the molecule is O=C(NCC1(O)CCCC1)Nc1ccc2nc(Cc3ccccc3)oc2c1. The molecule has 1 fully saturated rings. The number of anilines is 1. The Morgan fingerprint density at radius 1 is 1.15 bits per heavy atom. The lowest BCUT2D eigenvalue weighted by Gasteiger charge is -2.22. The van der Waals surface area contributed by atoms with Gasteiger partial charge in [0.25, 0.3) is 0 Å². The van der Waals surface area contributed by atoms with Crippen molar-refractivity contribution in [2.75, 3.05) is 11.9 Å². The predicted octanol–water partition coefficient (Wildman–Crippen LogP) is 3.85. The first kappa shape index (κ1) is 17.5. The minimum absolute atomic E-state index is 0.268. The highest BCUT2D eigenvalue weighted by Crippen LogP contribution is 2.28. The molecule has 2 amide bonds. The average Bonchev–Trinajstić information content (AvgIpc) is 3.27. The summed E-state index contributed by atoms with van der Waals surface area (Å²) in [7, 11) is 0. The van der Waals surface area contributed by atoms with E-state index in [1.165, 1.54) is 0 Å². The van der Waals surface area contributed by atoms with Crippen molar-refractivity contribution in [3.05, 3.63) is 60.0 Å². The highest BCUT2D eigenvalue weighted by molar-refractivity contribution is 5.91. The van der Waals surface area contributed by atoms with Crippen LogP contribution in [0.15, 0.2) is 52.9 Å². The van der Waals surface area contributed by atoms with Crippen LogP contribution < -0.4 is 10.6 Å². The number of nitrogens with one attached hydrogen (secondary N) is 2. The molecule has 3 aromatic rings. The number of benzene rings is 2. The van der Waals surface area contributed by atoms with Crippen LogP contribution in [0.3, 0.4) is 0 Å². The number of carbonyl (C=O) groups is 1. The van der Waals surface area contributed by atoms with E-state index in [1.807, 2.05) is 36.4 Å². The van der Waals surface area contributed by atoms with E-state index in [4.69, 9.17) is 4.42 Å². The Morgan fingerprint density at radius 2 is 1.93 bits per heavy atom. The van der Waals surface area contributed by atoms with E-state index in [9.17, 15) is 9.90 Å². The molecule has 6 heteroatoms. The van der Waals surface area contributed by atoms with Gasteiger partial charge in [-0.2, -0.15) is 0 Å². The number of fused-ring (bicyclic) bond motifs is 1. The zero-order valence-corrected chi connectivity index (χ0v) is 15.1. The molecular formula is C21H23N3O3. The number of hydrogen-bond donors (Lipinski definition) is 3. The predicted molar refractivity (Wildman–Crippen MR) is 104 cm³/mol. The number of carbonyl (C=O) groups excluding carboxylic acids is 1. The largest absolute Gasteiger partial charge is 0.440 e. The van der Waals surface area contributed by atoms with Gasteiger partial charge in [-0.25, -0.2) is 9.78 Å². The van der Waals surface area contributed by atoms with Crippen LogP contribution in [0.2, 0.25) is 0 Å². The van der Waals surface area contributed by atoms with Crippen LogP contribution in [0, 0.1) is 0 Å². The van der Waals surface area contributed by atoms with Gasteiger partial charge in [0.2, 0.25) is 0 Å². The van der Waals surface area contributed by atoms with E-state index in [-0.39, 0.29) is 12.6 Å². The molecule has 0 radical (unpaired) electrons. The second-order valence-electron chi connectivity index (χ2n) is 7.19. The molecule has 0 aliphatic heterocycles. The highest BCUT2D eigenvalue weighted by Gasteiger charge is 2.31. The molecule has 1 heterocycles. The van der Waals surface area contributed by atoms with Crippen molar-refractivity contribution in [3.63, 3.8) is 0 Å². The van der Waals surface area contributed by atoms with E-state index in [1.54, 1.807) is 12.1 Å². The summed E-state index contributed by atoms with van der Waals surface area (Å²) < 4.78 is 5.83. The third-order valence-corrected chi connectivity index (χ3v) is 5.00. The molecule has 0 atom stereocenters. The van der Waals surface area contributed by atoms with E-state index in [2.05, 4.69) is 15.6 Å². The van der Waals surface area contributed by atoms with Crippen molar-refractivity contribution in [2.45, 2.75) is 37.7 Å². The Kier molecular flexibility index (Phi) is 4.81. The Balaban J connectivity index is 1.40. The minimum Gasteiger partial charge on any atom is -0.440 e. The van der Waals surface area contributed by atoms with Crippen LogP contribution in [0.5, 0.6) is 0 Å². The van der Waals surface area contributed by atoms with E-state index < -0.39 is 5.60 Å². The number of oxazole rings is 1. The van der Waals surface area contributed by atoms with Crippen LogP contribution >= 0.6 is 0 Å². The van der Waals surface area contributed by atoms with Crippen LogP contribution in [0.25, 0.3) is 11.1 Å². The first-order valence-electron chi connectivity index (χ1n) is 9.30. The molecule has 0 spiro atoms. The van der Waals surface area contributed by atoms with E-state index >= 15 is 0 Å². The summed E-state index contributed by atoms with van der Waals surface area (Å²) >= 11 is 0. The molecule has 1 aliphatic rings. The summed E-state index contributed by atoms with van der Waals surface area (Å²) in [4.78, 5) is 16.6. The molecule has 2 aromatic carbocycles. The van der Waals surface area contributed by atoms with Crippen molar-refractivity contribution < 1.29 is 14.3 Å². The summed E-state index contributed by atoms with van der Waals surface area (Å²) in [5, 5.41) is 15.8. The monoisotopic (exact) mass is 365 g/mol. The molecule has 4 rings (SSSR count). The summed E-state index contributed by atoms with van der Waals surface area (Å²) in [6, 6.07) is 15.1. The molecular weight excluding hydrogens is 342 g/mol. The fraction of sp³-hybridized carbons (Fsp3) is 0.333. The molecule has 140 valence electrons. The Bertz CT molecular complexity index is 930. The second-order valence-corrected chi connectivity index (χ2v) is 7.19. The summed E-state index contributed by atoms with van der Waals surface area (Å²) in [5.41, 5.74) is 2.38. The topological polar surface area (TPSA) is 87.4 Å². The van der Waals surface area contributed by atoms with E-state index in [0.29, 0.717) is 23.6 Å². The van der Waals surface area contributed by atoms with Gasteiger partial charge in [-0.15, -0.1) is 0 Å². The fourth-order valence-corrected chi connectivity index (χ4v) is 3.53. The maximum absolute atomic E-state index is 12.1. The first-order valence-corrected chi connectivity index (χ1v) is 9.30. The standard InChI is InChI=1S/C21H23N3O3/c25-20(22-14-21(26)10-4-5-11-21)23-16-8-9-17-18(13-16)27-19(24-17)12-15-6-2-1-3-7-15/h1-3,6-9,13,26H,4-5,10-12,14H2,(H2,22,23,25). The highest BCUT2D eigenvalue weighted by atomic mass is 16.3. The van der Waals surface area contributed by atoms with Gasteiger partial charge in [-0.1, -0.05) is 43.2 Å². The van der Waals surface area contributed by atoms with Crippen LogP contribution in [0.4, 0.5) is 10.5 Å². The van der Waals surface area contributed by atoms with Gasteiger partial charge in [0, 0.05) is 24.7 Å². The van der Waals surface area contributed by atoms with Gasteiger partial charge in [-0.3, -0.25) is 0 Å². The van der Waals surface area contributed by atoms with Crippen LogP contribution in [-0.2, 0) is 6.42 Å². The number of hydrogen-bond acceptors (Lipinski definition) is 4. The zero-order chi connectivity index (χ0) is 18.7. The lowest BCUT2D eigenvalue weighted by molar-refractivity contribution is 0.0506. The summed E-state index contributed by atoms with van der Waals surface area (Å²) in [6.45, 7) is 0.268. The summed E-state index contributed by atoms with van der Waals surface area (Å²) in [5.74, 6) is 0.640. The quantitative estimate of drug-likeness (QED) is 0.641. The molecule has 0 saturated heterocycles. The maximum Gasteiger partial charge on any atom is 0.319 e. The van der Waals surface area contributed by atoms with Crippen molar-refractivity contribution in [1.82, 2.24) is 10.3 Å². The van der Waals surface area contributed by atoms with Gasteiger partial charge >= 0.3 is 6.03 Å². The van der Waals surface area contributed by atoms with Gasteiger partial charge in [0.15, 0.2) is 11.5 Å². The first-order chi connectivity index (χ1) is 13.1.